The van der Waals surface area contributed by atoms with Gasteiger partial charge in [-0.25, -0.2) is 4.98 Å². The van der Waals surface area contributed by atoms with Gasteiger partial charge >= 0.3 is 0 Å². The fourth-order valence-electron chi connectivity index (χ4n) is 1.06. The van der Waals surface area contributed by atoms with Gasteiger partial charge in [0.2, 0.25) is 0 Å². The average Bonchev–Trinajstić information content (AvgIpc) is 2.58. The molecule has 3 nitrogen and oxygen atoms in total. The Morgan fingerprint density at radius 1 is 1.00 bits per heavy atom. The van der Waals surface area contributed by atoms with Crippen LogP contribution in [0.3, 0.4) is 0 Å². The van der Waals surface area contributed by atoms with Crippen LogP contribution in [0.4, 0.5) is 5.69 Å². The Balaban J connectivity index is 0. The molecule has 0 aliphatic rings. The summed E-state index contributed by atoms with van der Waals surface area (Å²) in [5.41, 5.74) is 7.40. The minimum Gasteiger partial charge on any atom is -0.399 e. The lowest BCUT2D eigenvalue weighted by atomic mass is 10.3. The molecule has 0 saturated carbocycles. The molecule has 1 aromatic heterocycles. The van der Waals surface area contributed by atoms with E-state index >= 15 is 0 Å². The lowest BCUT2D eigenvalue weighted by Crippen LogP contribution is -1.90. The number of rotatable bonds is 1. The van der Waals surface area contributed by atoms with E-state index in [1.54, 1.807) is 12.5 Å². The van der Waals surface area contributed by atoms with Crippen LogP contribution in [0.15, 0.2) is 43.0 Å². The van der Waals surface area contributed by atoms with Gasteiger partial charge < -0.3 is 10.3 Å². The van der Waals surface area contributed by atoms with E-state index in [0.717, 1.165) is 11.4 Å². The maximum Gasteiger partial charge on any atom is 0.0991 e. The highest BCUT2D eigenvalue weighted by atomic mass is 35.5. The Kier molecular flexibility index (Phi) is 8.15. The van der Waals surface area contributed by atoms with Crippen molar-refractivity contribution in [2.45, 2.75) is 0 Å². The molecule has 0 saturated heterocycles. The number of hydrogen-bond acceptors (Lipinski definition) is 2. The Bertz CT molecular complexity index is 359. The number of imidazole rings is 1. The Hall–Kier alpha value is -0.900. The summed E-state index contributed by atoms with van der Waals surface area (Å²) in [6, 6.07) is 7.65. The van der Waals surface area contributed by atoms with Crippen molar-refractivity contribution in [2.75, 3.05) is 5.73 Å². The minimum atomic E-state index is 0. The zero-order valence-electron chi connectivity index (χ0n) is 7.74. The van der Waals surface area contributed by atoms with Crippen molar-refractivity contribution in [2.24, 2.45) is 0 Å². The van der Waals surface area contributed by atoms with Crippen LogP contribution >= 0.6 is 37.2 Å². The molecule has 6 heteroatoms. The van der Waals surface area contributed by atoms with Gasteiger partial charge in [-0.05, 0) is 24.3 Å². The smallest absolute Gasteiger partial charge is 0.0991 e. The molecule has 2 N–H and O–H groups in total. The first-order valence-electron chi connectivity index (χ1n) is 3.70. The largest absolute Gasteiger partial charge is 0.399 e. The van der Waals surface area contributed by atoms with Crippen molar-refractivity contribution in [1.29, 1.82) is 0 Å². The Morgan fingerprint density at radius 2 is 1.60 bits per heavy atom. The van der Waals surface area contributed by atoms with E-state index in [4.69, 9.17) is 5.73 Å². The fourth-order valence-corrected chi connectivity index (χ4v) is 1.06. The van der Waals surface area contributed by atoms with Crippen LogP contribution in [0.5, 0.6) is 0 Å². The summed E-state index contributed by atoms with van der Waals surface area (Å²) >= 11 is 0. The van der Waals surface area contributed by atoms with Crippen LogP contribution in [-0.4, -0.2) is 9.55 Å². The maximum atomic E-state index is 5.56. The highest BCUT2D eigenvalue weighted by molar-refractivity contribution is 5.86. The SMILES string of the molecule is Cl.Cl.Cl.Nc1ccc(-n2ccnc2)cc1. The molecule has 0 unspecified atom stereocenters. The van der Waals surface area contributed by atoms with Crippen molar-refractivity contribution < 1.29 is 0 Å². The van der Waals surface area contributed by atoms with Gasteiger partial charge in [0.15, 0.2) is 0 Å². The zero-order valence-corrected chi connectivity index (χ0v) is 10.2. The monoisotopic (exact) mass is 267 g/mol. The first-order chi connectivity index (χ1) is 5.86. The standard InChI is InChI=1S/C9H9N3.3ClH/c10-8-1-3-9(4-2-8)12-6-5-11-7-12;;;/h1-7H,10H2;3*1H. The molecule has 15 heavy (non-hydrogen) atoms. The minimum absolute atomic E-state index is 0. The highest BCUT2D eigenvalue weighted by Gasteiger charge is 1.92. The molecule has 84 valence electrons. The maximum absolute atomic E-state index is 5.56. The second-order valence-electron chi connectivity index (χ2n) is 2.56. The summed E-state index contributed by atoms with van der Waals surface area (Å²) in [5, 5.41) is 0. The fraction of sp³-hybridized carbons (Fsp3) is 0. The number of aromatic nitrogens is 2. The van der Waals surface area contributed by atoms with Crippen LogP contribution in [0.2, 0.25) is 0 Å². The number of halogens is 3. The van der Waals surface area contributed by atoms with Gasteiger partial charge in [0.25, 0.3) is 0 Å². The van der Waals surface area contributed by atoms with Gasteiger partial charge in [0.05, 0.1) is 6.33 Å². The molecule has 0 aliphatic heterocycles. The van der Waals surface area contributed by atoms with Crippen molar-refractivity contribution in [3.63, 3.8) is 0 Å². The van der Waals surface area contributed by atoms with Crippen LogP contribution in [0.1, 0.15) is 0 Å². The molecular weight excluding hydrogens is 256 g/mol. The van der Waals surface area contributed by atoms with Gasteiger partial charge in [-0.15, -0.1) is 37.2 Å². The van der Waals surface area contributed by atoms with Gasteiger partial charge in [0, 0.05) is 23.8 Å². The highest BCUT2D eigenvalue weighted by Crippen LogP contribution is 2.09. The van der Waals surface area contributed by atoms with E-state index < -0.39 is 0 Å². The van der Waals surface area contributed by atoms with Gasteiger partial charge in [-0.2, -0.15) is 0 Å². The van der Waals surface area contributed by atoms with Crippen molar-refractivity contribution in [3.05, 3.63) is 43.0 Å². The van der Waals surface area contributed by atoms with E-state index in [-0.39, 0.29) is 37.2 Å². The van der Waals surface area contributed by atoms with Crippen LogP contribution in [0, 0.1) is 0 Å². The molecule has 2 rings (SSSR count). The quantitative estimate of drug-likeness (QED) is 0.808. The third kappa shape index (κ3) is 4.00. The number of hydrogen-bond donors (Lipinski definition) is 1. The predicted molar refractivity (Wildman–Crippen MR) is 69.7 cm³/mol. The molecule has 0 aliphatic carbocycles. The second-order valence-corrected chi connectivity index (χ2v) is 2.56. The summed E-state index contributed by atoms with van der Waals surface area (Å²) in [4.78, 5) is 3.95. The third-order valence-corrected chi connectivity index (χ3v) is 1.70. The molecule has 2 aromatic rings. The normalized spacial score (nSPS) is 8.00. The van der Waals surface area contributed by atoms with Crippen LogP contribution in [-0.2, 0) is 0 Å². The van der Waals surface area contributed by atoms with E-state index in [1.807, 2.05) is 35.0 Å². The Morgan fingerprint density at radius 3 is 2.07 bits per heavy atom. The van der Waals surface area contributed by atoms with Crippen molar-refractivity contribution in [3.8, 4) is 5.69 Å². The first kappa shape index (κ1) is 16.5. The molecule has 0 atom stereocenters. The summed E-state index contributed by atoms with van der Waals surface area (Å²) in [7, 11) is 0. The lowest BCUT2D eigenvalue weighted by molar-refractivity contribution is 1.06. The molecule has 0 fully saturated rings. The zero-order chi connectivity index (χ0) is 8.39. The van der Waals surface area contributed by atoms with Crippen LogP contribution in [0.25, 0.3) is 5.69 Å². The predicted octanol–water partition coefficient (Wildman–Crippen LogP) is 2.72. The molecule has 0 radical (unpaired) electrons. The molecule has 0 spiro atoms. The molecule has 1 aromatic carbocycles. The molecule has 1 heterocycles. The summed E-state index contributed by atoms with van der Waals surface area (Å²) in [5.74, 6) is 0. The molecular formula is C9H12Cl3N3. The average molecular weight is 269 g/mol. The van der Waals surface area contributed by atoms with E-state index in [9.17, 15) is 0 Å². The molecule has 0 amide bonds. The summed E-state index contributed by atoms with van der Waals surface area (Å²) in [6.45, 7) is 0. The second kappa shape index (κ2) is 7.40. The van der Waals surface area contributed by atoms with E-state index in [1.165, 1.54) is 0 Å². The number of nitrogen functional groups attached to an aromatic ring is 1. The van der Waals surface area contributed by atoms with E-state index in [0.29, 0.717) is 0 Å². The van der Waals surface area contributed by atoms with Crippen molar-refractivity contribution in [1.82, 2.24) is 9.55 Å². The number of benzene rings is 1. The van der Waals surface area contributed by atoms with Gasteiger partial charge in [-0.1, -0.05) is 0 Å². The van der Waals surface area contributed by atoms with E-state index in [2.05, 4.69) is 4.98 Å². The van der Waals surface area contributed by atoms with Gasteiger partial charge in [0.1, 0.15) is 0 Å². The lowest BCUT2D eigenvalue weighted by Gasteiger charge is -2.00. The molecule has 0 bridgehead atoms. The number of nitrogens with two attached hydrogens (primary N) is 1. The Labute approximate surface area is 107 Å². The summed E-state index contributed by atoms with van der Waals surface area (Å²) < 4.78 is 1.93. The topological polar surface area (TPSA) is 43.8 Å². The van der Waals surface area contributed by atoms with Gasteiger partial charge in [-0.3, -0.25) is 0 Å². The number of nitrogens with zero attached hydrogens (tertiary/aromatic N) is 2. The summed E-state index contributed by atoms with van der Waals surface area (Å²) in [6.07, 6.45) is 5.40. The van der Waals surface area contributed by atoms with Crippen LogP contribution < -0.4 is 5.73 Å². The first-order valence-corrected chi connectivity index (χ1v) is 3.70. The number of anilines is 1. The van der Waals surface area contributed by atoms with Crippen molar-refractivity contribution >= 4 is 42.9 Å². The third-order valence-electron chi connectivity index (χ3n) is 1.70.